The summed E-state index contributed by atoms with van der Waals surface area (Å²) in [6.45, 7) is 16.5. The van der Waals surface area contributed by atoms with E-state index in [1.54, 1.807) is 0 Å². The number of hydrogen-bond donors (Lipinski definition) is 1. The molecule has 132 valence electrons. The van der Waals surface area contributed by atoms with E-state index in [1.165, 1.54) is 11.3 Å². The van der Waals surface area contributed by atoms with Crippen molar-refractivity contribution in [2.45, 2.75) is 72.8 Å². The highest BCUT2D eigenvalue weighted by Gasteiger charge is 2.26. The predicted octanol–water partition coefficient (Wildman–Crippen LogP) is 4.52. The van der Waals surface area contributed by atoms with Crippen molar-refractivity contribution in [2.75, 3.05) is 5.32 Å². The molecule has 1 amide bonds. The first-order valence-corrected chi connectivity index (χ1v) is 9.13. The Morgan fingerprint density at radius 3 is 2.33 bits per heavy atom. The minimum Gasteiger partial charge on any atom is -0.306 e. The molecule has 0 saturated carbocycles. The summed E-state index contributed by atoms with van der Waals surface area (Å²) < 4.78 is 1.89. The lowest BCUT2D eigenvalue weighted by molar-refractivity contribution is 0.102. The SMILES string of the molecule is CCc1nc(C)c(C(=O)Nc2cc(C(C)(C)C)nn2C(C)(C)C)s1. The molecule has 0 fully saturated rings. The average molecular weight is 349 g/mol. The molecule has 5 nitrogen and oxygen atoms in total. The summed E-state index contributed by atoms with van der Waals surface area (Å²) >= 11 is 1.46. The monoisotopic (exact) mass is 348 g/mol. The van der Waals surface area contributed by atoms with Crippen LogP contribution in [0.3, 0.4) is 0 Å². The molecule has 0 spiro atoms. The summed E-state index contributed by atoms with van der Waals surface area (Å²) in [4.78, 5) is 17.8. The summed E-state index contributed by atoms with van der Waals surface area (Å²) in [6, 6.07) is 1.97. The molecule has 24 heavy (non-hydrogen) atoms. The van der Waals surface area contributed by atoms with Gasteiger partial charge in [-0.1, -0.05) is 27.7 Å². The van der Waals surface area contributed by atoms with Crippen molar-refractivity contribution in [1.29, 1.82) is 0 Å². The molecular formula is C18H28N4OS. The Labute approximate surface area is 148 Å². The van der Waals surface area contributed by atoms with Crippen LogP contribution in [0.25, 0.3) is 0 Å². The van der Waals surface area contributed by atoms with E-state index in [0.717, 1.165) is 28.6 Å². The summed E-state index contributed by atoms with van der Waals surface area (Å²) in [5, 5.41) is 8.75. The fourth-order valence-electron chi connectivity index (χ4n) is 2.34. The lowest BCUT2D eigenvalue weighted by Gasteiger charge is -2.23. The second-order valence-electron chi connectivity index (χ2n) is 8.08. The molecule has 0 aliphatic carbocycles. The van der Waals surface area contributed by atoms with Crippen LogP contribution >= 0.6 is 11.3 Å². The maximum absolute atomic E-state index is 12.7. The van der Waals surface area contributed by atoms with Gasteiger partial charge in [0.15, 0.2) is 0 Å². The zero-order valence-corrected chi connectivity index (χ0v) is 16.8. The van der Waals surface area contributed by atoms with Gasteiger partial charge in [0.25, 0.3) is 5.91 Å². The molecule has 0 aromatic carbocycles. The van der Waals surface area contributed by atoms with Gasteiger partial charge in [-0.15, -0.1) is 11.3 Å². The van der Waals surface area contributed by atoms with Gasteiger partial charge in [0.05, 0.1) is 21.9 Å². The summed E-state index contributed by atoms with van der Waals surface area (Å²) in [5.74, 6) is 0.610. The largest absolute Gasteiger partial charge is 0.306 e. The summed E-state index contributed by atoms with van der Waals surface area (Å²) in [6.07, 6.45) is 0.840. The number of amides is 1. The van der Waals surface area contributed by atoms with Crippen LogP contribution in [0, 0.1) is 6.92 Å². The molecule has 2 heterocycles. The number of carbonyl (C=O) groups excluding carboxylic acids is 1. The Balaban J connectivity index is 2.39. The number of carbonyl (C=O) groups is 1. The number of hydrogen-bond acceptors (Lipinski definition) is 4. The number of rotatable bonds is 3. The van der Waals surface area contributed by atoms with Crippen LogP contribution in [0.4, 0.5) is 5.82 Å². The maximum Gasteiger partial charge on any atom is 0.268 e. The van der Waals surface area contributed by atoms with Crippen molar-refractivity contribution in [1.82, 2.24) is 14.8 Å². The lowest BCUT2D eigenvalue weighted by Crippen LogP contribution is -2.27. The van der Waals surface area contributed by atoms with Crippen molar-refractivity contribution in [3.63, 3.8) is 0 Å². The zero-order chi connectivity index (χ0) is 18.3. The van der Waals surface area contributed by atoms with Crippen LogP contribution in [0.5, 0.6) is 0 Å². The van der Waals surface area contributed by atoms with E-state index < -0.39 is 0 Å². The normalized spacial score (nSPS) is 12.5. The van der Waals surface area contributed by atoms with Gasteiger partial charge in [-0.3, -0.25) is 4.79 Å². The quantitative estimate of drug-likeness (QED) is 0.887. The molecule has 0 bridgehead atoms. The smallest absolute Gasteiger partial charge is 0.268 e. The van der Waals surface area contributed by atoms with Crippen LogP contribution < -0.4 is 5.32 Å². The van der Waals surface area contributed by atoms with E-state index in [1.807, 2.05) is 24.6 Å². The molecule has 2 aromatic rings. The Morgan fingerprint density at radius 1 is 1.25 bits per heavy atom. The third kappa shape index (κ3) is 3.86. The van der Waals surface area contributed by atoms with Crippen LogP contribution in [0.15, 0.2) is 6.07 Å². The molecule has 2 aromatic heterocycles. The van der Waals surface area contributed by atoms with E-state index in [-0.39, 0.29) is 16.9 Å². The number of thiazole rings is 1. The Hall–Kier alpha value is -1.69. The average Bonchev–Trinajstić information content (AvgIpc) is 3.01. The Bertz CT molecular complexity index is 744. The third-order valence-electron chi connectivity index (χ3n) is 3.70. The fourth-order valence-corrected chi connectivity index (χ4v) is 3.23. The van der Waals surface area contributed by atoms with E-state index in [0.29, 0.717) is 4.88 Å². The van der Waals surface area contributed by atoms with Gasteiger partial charge < -0.3 is 5.32 Å². The van der Waals surface area contributed by atoms with E-state index in [4.69, 9.17) is 5.10 Å². The van der Waals surface area contributed by atoms with E-state index in [2.05, 4.69) is 51.8 Å². The van der Waals surface area contributed by atoms with Gasteiger partial charge in [-0.25, -0.2) is 9.67 Å². The predicted molar refractivity (Wildman–Crippen MR) is 100 cm³/mol. The highest BCUT2D eigenvalue weighted by molar-refractivity contribution is 7.13. The van der Waals surface area contributed by atoms with Crippen molar-refractivity contribution in [3.05, 3.63) is 27.3 Å². The van der Waals surface area contributed by atoms with Crippen LogP contribution in [-0.2, 0) is 17.4 Å². The standard InChI is InChI=1S/C18H28N4OS/c1-9-14-19-11(2)15(24-14)16(23)20-13-10-12(17(3,4)5)21-22(13)18(6,7)8/h10H,9H2,1-8H3,(H,20,23). The first kappa shape index (κ1) is 18.6. The van der Waals surface area contributed by atoms with Gasteiger partial charge in [0.1, 0.15) is 10.7 Å². The molecule has 2 rings (SSSR count). The maximum atomic E-state index is 12.7. The molecule has 0 unspecified atom stereocenters. The summed E-state index contributed by atoms with van der Waals surface area (Å²) in [5.41, 5.74) is 1.45. The minimum absolute atomic E-state index is 0.0776. The van der Waals surface area contributed by atoms with Gasteiger partial charge >= 0.3 is 0 Å². The van der Waals surface area contributed by atoms with Crippen molar-refractivity contribution >= 4 is 23.1 Å². The molecule has 0 atom stereocenters. The Morgan fingerprint density at radius 2 is 1.88 bits per heavy atom. The minimum atomic E-state index is -0.219. The highest BCUT2D eigenvalue weighted by Crippen LogP contribution is 2.29. The van der Waals surface area contributed by atoms with Gasteiger partial charge in [0.2, 0.25) is 0 Å². The number of nitrogens with zero attached hydrogens (tertiary/aromatic N) is 3. The molecule has 6 heteroatoms. The molecule has 1 N–H and O–H groups in total. The van der Waals surface area contributed by atoms with Gasteiger partial charge in [-0.2, -0.15) is 5.10 Å². The molecule has 0 aliphatic rings. The third-order valence-corrected chi connectivity index (χ3v) is 5.00. The zero-order valence-electron chi connectivity index (χ0n) is 15.9. The van der Waals surface area contributed by atoms with Crippen LogP contribution in [-0.4, -0.2) is 20.7 Å². The Kier molecular flexibility index (Phi) is 4.91. The second kappa shape index (κ2) is 6.31. The fraction of sp³-hybridized carbons (Fsp3) is 0.611. The van der Waals surface area contributed by atoms with E-state index >= 15 is 0 Å². The van der Waals surface area contributed by atoms with Crippen molar-refractivity contribution in [3.8, 4) is 0 Å². The summed E-state index contributed by atoms with van der Waals surface area (Å²) in [7, 11) is 0. The number of nitrogens with one attached hydrogen (secondary N) is 1. The van der Waals surface area contributed by atoms with Crippen LogP contribution in [0.2, 0.25) is 0 Å². The number of anilines is 1. The first-order valence-electron chi connectivity index (χ1n) is 8.32. The molecule has 0 aliphatic heterocycles. The van der Waals surface area contributed by atoms with Gasteiger partial charge in [-0.05, 0) is 34.1 Å². The van der Waals surface area contributed by atoms with Crippen LogP contribution in [0.1, 0.15) is 74.5 Å². The lowest BCUT2D eigenvalue weighted by atomic mass is 9.92. The number of aromatic nitrogens is 3. The topological polar surface area (TPSA) is 59.8 Å². The highest BCUT2D eigenvalue weighted by atomic mass is 32.1. The number of aryl methyl sites for hydroxylation is 2. The van der Waals surface area contributed by atoms with Crippen molar-refractivity contribution < 1.29 is 4.79 Å². The van der Waals surface area contributed by atoms with E-state index in [9.17, 15) is 4.79 Å². The van der Waals surface area contributed by atoms with Gasteiger partial charge in [0, 0.05) is 11.5 Å². The molecular weight excluding hydrogens is 320 g/mol. The van der Waals surface area contributed by atoms with Crippen molar-refractivity contribution in [2.24, 2.45) is 0 Å². The molecule has 0 radical (unpaired) electrons. The first-order chi connectivity index (χ1) is 10.9. The molecule has 0 saturated heterocycles. The second-order valence-corrected chi connectivity index (χ2v) is 9.16.